The number of aromatic nitrogens is 1. The predicted octanol–water partition coefficient (Wildman–Crippen LogP) is 4.20. The SMILES string of the molecule is CCN(C(=O)CCc1ccccc1)[C@H]1CCc2c(c3cc(F)ccc3n2CC(=O)O)C1. The second-order valence-electron chi connectivity index (χ2n) is 8.13. The Labute approximate surface area is 181 Å². The molecular formula is C25H27FN2O3. The fourth-order valence-electron chi connectivity index (χ4n) is 4.86. The zero-order valence-corrected chi connectivity index (χ0v) is 17.7. The summed E-state index contributed by atoms with van der Waals surface area (Å²) in [5.41, 5.74) is 3.81. The second kappa shape index (κ2) is 8.92. The summed E-state index contributed by atoms with van der Waals surface area (Å²) in [6, 6.07) is 14.5. The summed E-state index contributed by atoms with van der Waals surface area (Å²) in [4.78, 5) is 26.4. The summed E-state index contributed by atoms with van der Waals surface area (Å²) in [5.74, 6) is -1.13. The van der Waals surface area contributed by atoms with Crippen molar-refractivity contribution in [2.24, 2.45) is 0 Å². The zero-order chi connectivity index (χ0) is 22.0. The van der Waals surface area contributed by atoms with Gasteiger partial charge in [0.1, 0.15) is 12.4 Å². The molecule has 0 radical (unpaired) electrons. The van der Waals surface area contributed by atoms with Crippen LogP contribution >= 0.6 is 0 Å². The van der Waals surface area contributed by atoms with Crippen LogP contribution in [0.5, 0.6) is 0 Å². The molecule has 1 atom stereocenters. The van der Waals surface area contributed by atoms with E-state index < -0.39 is 5.97 Å². The van der Waals surface area contributed by atoms with Crippen LogP contribution in [-0.2, 0) is 35.4 Å². The number of hydrogen-bond donors (Lipinski definition) is 1. The molecule has 6 heteroatoms. The Hall–Kier alpha value is -3.15. The molecule has 0 saturated heterocycles. The third-order valence-electron chi connectivity index (χ3n) is 6.27. The number of aryl methyl sites for hydroxylation is 1. The Balaban J connectivity index is 1.58. The summed E-state index contributed by atoms with van der Waals surface area (Å²) in [6.45, 7) is 2.47. The summed E-state index contributed by atoms with van der Waals surface area (Å²) in [5, 5.41) is 10.1. The Morgan fingerprint density at radius 1 is 1.19 bits per heavy atom. The molecule has 1 aliphatic rings. The van der Waals surface area contributed by atoms with Crippen molar-refractivity contribution in [3.05, 3.63) is 71.2 Å². The molecule has 0 bridgehead atoms. The number of amides is 1. The van der Waals surface area contributed by atoms with Crippen LogP contribution in [0.4, 0.5) is 4.39 Å². The van der Waals surface area contributed by atoms with E-state index in [-0.39, 0.29) is 24.3 Å². The van der Waals surface area contributed by atoms with Gasteiger partial charge in [-0.15, -0.1) is 0 Å². The Morgan fingerprint density at radius 3 is 2.68 bits per heavy atom. The number of carboxylic acids is 1. The van der Waals surface area contributed by atoms with Crippen LogP contribution < -0.4 is 0 Å². The minimum absolute atomic E-state index is 0.0351. The van der Waals surface area contributed by atoms with Gasteiger partial charge in [0.05, 0.1) is 0 Å². The van der Waals surface area contributed by atoms with Gasteiger partial charge < -0.3 is 14.6 Å². The third-order valence-corrected chi connectivity index (χ3v) is 6.27. The lowest BCUT2D eigenvalue weighted by molar-refractivity contribution is -0.137. The van der Waals surface area contributed by atoms with Crippen molar-refractivity contribution >= 4 is 22.8 Å². The molecule has 1 amide bonds. The van der Waals surface area contributed by atoms with Crippen molar-refractivity contribution in [2.45, 2.75) is 51.6 Å². The molecule has 5 nitrogen and oxygen atoms in total. The lowest BCUT2D eigenvalue weighted by Crippen LogP contribution is -2.43. The van der Waals surface area contributed by atoms with Gasteiger partial charge in [0.15, 0.2) is 0 Å². The van der Waals surface area contributed by atoms with E-state index in [0.29, 0.717) is 32.2 Å². The number of nitrogens with zero attached hydrogens (tertiary/aromatic N) is 2. The first-order valence-electron chi connectivity index (χ1n) is 10.8. The normalized spacial score (nSPS) is 15.6. The average Bonchev–Trinajstić information content (AvgIpc) is 3.05. The number of carbonyl (C=O) groups excluding carboxylic acids is 1. The largest absolute Gasteiger partial charge is 0.480 e. The van der Waals surface area contributed by atoms with Crippen LogP contribution in [0.25, 0.3) is 10.9 Å². The first-order chi connectivity index (χ1) is 15.0. The highest BCUT2D eigenvalue weighted by Gasteiger charge is 2.31. The monoisotopic (exact) mass is 422 g/mol. The maximum atomic E-state index is 14.0. The third kappa shape index (κ3) is 4.33. The minimum Gasteiger partial charge on any atom is -0.480 e. The van der Waals surface area contributed by atoms with Crippen molar-refractivity contribution in [1.82, 2.24) is 9.47 Å². The maximum absolute atomic E-state index is 14.0. The summed E-state index contributed by atoms with van der Waals surface area (Å²) < 4.78 is 15.8. The number of aliphatic carboxylic acids is 1. The average molecular weight is 423 g/mol. The molecule has 4 rings (SSSR count). The van der Waals surface area contributed by atoms with Crippen LogP contribution in [0.15, 0.2) is 48.5 Å². The van der Waals surface area contributed by atoms with Crippen molar-refractivity contribution in [1.29, 1.82) is 0 Å². The van der Waals surface area contributed by atoms with Gasteiger partial charge in [-0.1, -0.05) is 30.3 Å². The first-order valence-corrected chi connectivity index (χ1v) is 10.8. The number of fused-ring (bicyclic) bond motifs is 3. The molecule has 1 aromatic heterocycles. The molecule has 1 heterocycles. The molecule has 0 unspecified atom stereocenters. The standard InChI is InChI=1S/C25H27FN2O3/c1-2-27(24(29)13-8-17-6-4-3-5-7-17)19-10-12-23-21(15-19)20-14-18(26)9-11-22(20)28(23)16-25(30)31/h3-7,9,11,14,19H,2,8,10,12-13,15-16H2,1H3,(H,30,31)/t19-/m0/s1. The molecule has 0 fully saturated rings. The molecule has 0 aliphatic heterocycles. The number of halogens is 1. The van der Waals surface area contributed by atoms with E-state index in [2.05, 4.69) is 0 Å². The number of rotatable bonds is 7. The van der Waals surface area contributed by atoms with Gasteiger partial charge in [-0.3, -0.25) is 9.59 Å². The van der Waals surface area contributed by atoms with Crippen LogP contribution in [0, 0.1) is 5.82 Å². The van der Waals surface area contributed by atoms with E-state index in [4.69, 9.17) is 0 Å². The molecular weight excluding hydrogens is 395 g/mol. The lowest BCUT2D eigenvalue weighted by atomic mass is 9.90. The van der Waals surface area contributed by atoms with Crippen LogP contribution in [0.3, 0.4) is 0 Å². The fraction of sp³-hybridized carbons (Fsp3) is 0.360. The van der Waals surface area contributed by atoms with Gasteiger partial charge in [-0.05, 0) is 61.9 Å². The molecule has 1 N–H and O–H groups in total. The molecule has 3 aromatic rings. The number of carboxylic acid groups (broad SMARTS) is 1. The van der Waals surface area contributed by atoms with Crippen molar-refractivity contribution in [3.63, 3.8) is 0 Å². The van der Waals surface area contributed by atoms with Crippen molar-refractivity contribution in [2.75, 3.05) is 6.54 Å². The summed E-state index contributed by atoms with van der Waals surface area (Å²) >= 11 is 0. The molecule has 0 spiro atoms. The van der Waals surface area contributed by atoms with E-state index in [1.54, 1.807) is 10.6 Å². The van der Waals surface area contributed by atoms with Crippen molar-refractivity contribution < 1.29 is 19.1 Å². The van der Waals surface area contributed by atoms with Crippen LogP contribution in [-0.4, -0.2) is 39.0 Å². The summed E-state index contributed by atoms with van der Waals surface area (Å²) in [7, 11) is 0. The molecule has 0 saturated carbocycles. The zero-order valence-electron chi connectivity index (χ0n) is 17.7. The fourth-order valence-corrected chi connectivity index (χ4v) is 4.86. The summed E-state index contributed by atoms with van der Waals surface area (Å²) in [6.07, 6.45) is 3.23. The molecule has 2 aromatic carbocycles. The van der Waals surface area contributed by atoms with E-state index in [9.17, 15) is 19.1 Å². The first kappa shape index (κ1) is 21.1. The molecule has 31 heavy (non-hydrogen) atoms. The number of benzene rings is 2. The van der Waals surface area contributed by atoms with Gasteiger partial charge in [-0.2, -0.15) is 0 Å². The highest BCUT2D eigenvalue weighted by molar-refractivity contribution is 5.87. The van der Waals surface area contributed by atoms with Crippen molar-refractivity contribution in [3.8, 4) is 0 Å². The molecule has 162 valence electrons. The molecule has 1 aliphatic carbocycles. The highest BCUT2D eigenvalue weighted by Crippen LogP contribution is 2.34. The van der Waals surface area contributed by atoms with Gasteiger partial charge in [-0.25, -0.2) is 4.39 Å². The minimum atomic E-state index is -0.919. The van der Waals surface area contributed by atoms with E-state index in [0.717, 1.165) is 34.1 Å². The Morgan fingerprint density at radius 2 is 1.97 bits per heavy atom. The van der Waals surface area contributed by atoms with Gasteiger partial charge in [0.25, 0.3) is 0 Å². The smallest absolute Gasteiger partial charge is 0.323 e. The number of hydrogen-bond acceptors (Lipinski definition) is 2. The quantitative estimate of drug-likeness (QED) is 0.621. The topological polar surface area (TPSA) is 62.5 Å². The van der Waals surface area contributed by atoms with Crippen LogP contribution in [0.2, 0.25) is 0 Å². The van der Waals surface area contributed by atoms with E-state index >= 15 is 0 Å². The van der Waals surface area contributed by atoms with Gasteiger partial charge in [0.2, 0.25) is 5.91 Å². The lowest BCUT2D eigenvalue weighted by Gasteiger charge is -2.34. The predicted molar refractivity (Wildman–Crippen MR) is 117 cm³/mol. The van der Waals surface area contributed by atoms with Gasteiger partial charge >= 0.3 is 5.97 Å². The highest BCUT2D eigenvalue weighted by atomic mass is 19.1. The Kier molecular flexibility index (Phi) is 6.07. The number of likely N-dealkylation sites (N-methyl/N-ethyl adjacent to an activating group) is 1. The second-order valence-corrected chi connectivity index (χ2v) is 8.13. The van der Waals surface area contributed by atoms with Gasteiger partial charge in [0, 0.05) is 35.6 Å². The van der Waals surface area contributed by atoms with E-state index in [1.165, 1.54) is 12.1 Å². The van der Waals surface area contributed by atoms with E-state index in [1.807, 2.05) is 42.2 Å². The Bertz CT molecular complexity index is 1110. The van der Waals surface area contributed by atoms with Crippen LogP contribution in [0.1, 0.15) is 36.6 Å². The number of carbonyl (C=O) groups is 2. The maximum Gasteiger partial charge on any atom is 0.323 e.